The van der Waals surface area contributed by atoms with Crippen LogP contribution < -0.4 is 0 Å². The van der Waals surface area contributed by atoms with Gasteiger partial charge in [0.2, 0.25) is 0 Å². The van der Waals surface area contributed by atoms with E-state index in [-0.39, 0.29) is 17.8 Å². The Balaban J connectivity index is 1.65. The molecule has 6 heteroatoms. The average Bonchev–Trinajstić information content (AvgIpc) is 2.96. The monoisotopic (exact) mass is 453 g/mol. The van der Waals surface area contributed by atoms with Gasteiger partial charge in [0.15, 0.2) is 8.38 Å². The SMILES string of the molecule is N#C[C@@H]1C[C@@H](O)C(c2cccc3c2CCCCC3O)C1Cc1cccc(CCP(O)O)c1. The molecule has 0 heterocycles. The van der Waals surface area contributed by atoms with Crippen LogP contribution in [0.2, 0.25) is 0 Å². The molecular formula is C26H32NO4P. The molecule has 2 aliphatic carbocycles. The molecule has 0 radical (unpaired) electrons. The molecule has 0 amide bonds. The normalized spacial score (nSPS) is 27.7. The van der Waals surface area contributed by atoms with Gasteiger partial charge in [-0.25, -0.2) is 0 Å². The minimum absolute atomic E-state index is 0.00930. The van der Waals surface area contributed by atoms with Gasteiger partial charge in [0.25, 0.3) is 0 Å². The number of nitrogens with zero attached hydrogens (tertiary/aromatic N) is 1. The lowest BCUT2D eigenvalue weighted by Gasteiger charge is -2.28. The van der Waals surface area contributed by atoms with Crippen LogP contribution in [-0.2, 0) is 19.3 Å². The quantitative estimate of drug-likeness (QED) is 0.389. The molecule has 3 unspecified atom stereocenters. The first kappa shape index (κ1) is 23.4. The lowest BCUT2D eigenvalue weighted by Crippen LogP contribution is -2.22. The van der Waals surface area contributed by atoms with Crippen molar-refractivity contribution in [2.24, 2.45) is 11.8 Å². The second-order valence-corrected chi connectivity index (χ2v) is 10.5. The van der Waals surface area contributed by atoms with Gasteiger partial charge in [-0.1, -0.05) is 48.9 Å². The first-order valence-corrected chi connectivity index (χ1v) is 13.0. The summed E-state index contributed by atoms with van der Waals surface area (Å²) >= 11 is 0. The molecule has 2 aliphatic rings. The highest BCUT2D eigenvalue weighted by Gasteiger charge is 2.44. The van der Waals surface area contributed by atoms with Crippen molar-refractivity contribution in [3.05, 3.63) is 70.3 Å². The number of benzene rings is 2. The van der Waals surface area contributed by atoms with Crippen LogP contribution in [0.3, 0.4) is 0 Å². The van der Waals surface area contributed by atoms with Gasteiger partial charge in [-0.15, -0.1) is 0 Å². The summed E-state index contributed by atoms with van der Waals surface area (Å²) in [6.45, 7) is 0. The smallest absolute Gasteiger partial charge is 0.165 e. The molecule has 1 saturated carbocycles. The Bertz CT molecular complexity index is 973. The first-order chi connectivity index (χ1) is 15.5. The van der Waals surface area contributed by atoms with E-state index < -0.39 is 20.6 Å². The average molecular weight is 454 g/mol. The molecule has 0 spiro atoms. The molecule has 4 N–H and O–H groups in total. The molecular weight excluding hydrogens is 421 g/mol. The highest BCUT2D eigenvalue weighted by Crippen LogP contribution is 2.48. The number of aliphatic hydroxyl groups excluding tert-OH is 2. The Hall–Kier alpha value is -1.80. The van der Waals surface area contributed by atoms with Crippen LogP contribution in [0.5, 0.6) is 0 Å². The van der Waals surface area contributed by atoms with Crippen molar-refractivity contribution in [2.75, 3.05) is 6.16 Å². The number of nitriles is 1. The molecule has 5 atom stereocenters. The molecule has 0 aliphatic heterocycles. The van der Waals surface area contributed by atoms with Gasteiger partial charge in [-0.2, -0.15) is 5.26 Å². The zero-order valence-electron chi connectivity index (χ0n) is 18.3. The second-order valence-electron chi connectivity index (χ2n) is 9.27. The van der Waals surface area contributed by atoms with Crippen LogP contribution in [0.15, 0.2) is 42.5 Å². The number of hydrogen-bond donors (Lipinski definition) is 4. The fourth-order valence-corrected chi connectivity index (χ4v) is 6.18. The van der Waals surface area contributed by atoms with Crippen LogP contribution >= 0.6 is 8.38 Å². The molecule has 0 aromatic heterocycles. The summed E-state index contributed by atoms with van der Waals surface area (Å²) in [6, 6.07) is 16.6. The van der Waals surface area contributed by atoms with Crippen molar-refractivity contribution in [1.82, 2.24) is 0 Å². The third kappa shape index (κ3) is 5.06. The van der Waals surface area contributed by atoms with Gasteiger partial charge in [0.05, 0.1) is 24.2 Å². The van der Waals surface area contributed by atoms with E-state index in [0.29, 0.717) is 25.4 Å². The Kier molecular flexibility index (Phi) is 7.61. The lowest BCUT2D eigenvalue weighted by atomic mass is 9.77. The summed E-state index contributed by atoms with van der Waals surface area (Å²) in [4.78, 5) is 18.5. The molecule has 32 heavy (non-hydrogen) atoms. The molecule has 0 saturated heterocycles. The molecule has 4 rings (SSSR count). The molecule has 2 aromatic rings. The van der Waals surface area contributed by atoms with E-state index in [1.807, 2.05) is 24.3 Å². The van der Waals surface area contributed by atoms with E-state index >= 15 is 0 Å². The van der Waals surface area contributed by atoms with E-state index in [2.05, 4.69) is 24.3 Å². The third-order valence-electron chi connectivity index (χ3n) is 7.24. The Morgan fingerprint density at radius 2 is 1.75 bits per heavy atom. The topological polar surface area (TPSA) is 105 Å². The van der Waals surface area contributed by atoms with Gasteiger partial charge >= 0.3 is 0 Å². The minimum Gasteiger partial charge on any atom is -0.392 e. The van der Waals surface area contributed by atoms with Crippen molar-refractivity contribution in [3.63, 3.8) is 0 Å². The second kappa shape index (κ2) is 10.4. The van der Waals surface area contributed by atoms with E-state index in [0.717, 1.165) is 53.5 Å². The summed E-state index contributed by atoms with van der Waals surface area (Å²) in [5, 5.41) is 31.6. The largest absolute Gasteiger partial charge is 0.392 e. The molecule has 1 fully saturated rings. The van der Waals surface area contributed by atoms with E-state index in [4.69, 9.17) is 0 Å². The van der Waals surface area contributed by atoms with Crippen molar-refractivity contribution in [3.8, 4) is 6.07 Å². The maximum atomic E-state index is 11.1. The standard InChI is InChI=1S/C26H32NO4P/c27-16-19-15-25(29)26(22-9-4-8-21-20(22)7-1-2-10-24(21)28)23(19)14-18-6-3-5-17(13-18)11-12-32(30)31/h3-6,8-9,13,19,23-26,28-31H,1-2,7,10-12,14-15H2/t19-,23?,24?,25+,26?/m0/s1. The van der Waals surface area contributed by atoms with Crippen molar-refractivity contribution < 1.29 is 20.0 Å². The van der Waals surface area contributed by atoms with E-state index in [1.165, 1.54) is 0 Å². The fraction of sp³-hybridized carbons (Fsp3) is 0.500. The predicted octanol–water partition coefficient (Wildman–Crippen LogP) is 4.13. The highest BCUT2D eigenvalue weighted by atomic mass is 31.2. The van der Waals surface area contributed by atoms with Gasteiger partial charge in [-0.3, -0.25) is 0 Å². The van der Waals surface area contributed by atoms with Crippen molar-refractivity contribution in [2.45, 2.75) is 63.1 Å². The van der Waals surface area contributed by atoms with Gasteiger partial charge < -0.3 is 20.0 Å². The summed E-state index contributed by atoms with van der Waals surface area (Å²) in [5.74, 6) is -0.371. The summed E-state index contributed by atoms with van der Waals surface area (Å²) < 4.78 is 0. The Labute approximate surface area is 191 Å². The van der Waals surface area contributed by atoms with Gasteiger partial charge in [0, 0.05) is 12.1 Å². The van der Waals surface area contributed by atoms with E-state index in [9.17, 15) is 25.3 Å². The number of hydrogen-bond acceptors (Lipinski definition) is 5. The molecule has 170 valence electrons. The van der Waals surface area contributed by atoms with Crippen molar-refractivity contribution >= 4 is 8.38 Å². The van der Waals surface area contributed by atoms with Crippen LogP contribution in [0.25, 0.3) is 0 Å². The van der Waals surface area contributed by atoms with Gasteiger partial charge in [-0.05, 0) is 72.3 Å². The summed E-state index contributed by atoms with van der Waals surface area (Å²) in [6.07, 6.45) is 4.76. The Morgan fingerprint density at radius 3 is 2.53 bits per heavy atom. The molecule has 0 bridgehead atoms. The van der Waals surface area contributed by atoms with Crippen molar-refractivity contribution in [1.29, 1.82) is 5.26 Å². The van der Waals surface area contributed by atoms with Crippen LogP contribution in [-0.4, -0.2) is 32.3 Å². The lowest BCUT2D eigenvalue weighted by molar-refractivity contribution is 0.152. The zero-order valence-corrected chi connectivity index (χ0v) is 19.2. The predicted molar refractivity (Wildman–Crippen MR) is 125 cm³/mol. The highest BCUT2D eigenvalue weighted by molar-refractivity contribution is 7.45. The van der Waals surface area contributed by atoms with Crippen LogP contribution in [0.1, 0.15) is 65.5 Å². The molecule has 5 nitrogen and oxygen atoms in total. The van der Waals surface area contributed by atoms with E-state index in [1.54, 1.807) is 0 Å². The van der Waals surface area contributed by atoms with Crippen LogP contribution in [0.4, 0.5) is 0 Å². The maximum Gasteiger partial charge on any atom is 0.165 e. The molecule has 2 aromatic carbocycles. The maximum absolute atomic E-state index is 11.1. The first-order valence-electron chi connectivity index (χ1n) is 11.6. The number of fused-ring (bicyclic) bond motifs is 1. The fourth-order valence-electron chi connectivity index (χ4n) is 5.72. The number of aliphatic hydroxyl groups is 2. The number of rotatable bonds is 6. The Morgan fingerprint density at radius 1 is 1.00 bits per heavy atom. The number of aryl methyl sites for hydroxylation is 1. The van der Waals surface area contributed by atoms with Crippen LogP contribution in [0, 0.1) is 23.2 Å². The third-order valence-corrected chi connectivity index (χ3v) is 7.86. The summed E-state index contributed by atoms with van der Waals surface area (Å²) in [5.41, 5.74) is 5.41. The van der Waals surface area contributed by atoms with Gasteiger partial charge in [0.1, 0.15) is 0 Å². The minimum atomic E-state index is -1.91. The summed E-state index contributed by atoms with van der Waals surface area (Å²) in [7, 11) is -1.91. The zero-order chi connectivity index (χ0) is 22.7.